The maximum absolute atomic E-state index is 11.8. The van der Waals surface area contributed by atoms with Gasteiger partial charge in [-0.05, 0) is 30.5 Å². The third-order valence-electron chi connectivity index (χ3n) is 4.14. The van der Waals surface area contributed by atoms with E-state index in [1.165, 1.54) is 4.90 Å². The Hall–Kier alpha value is -1.92. The van der Waals surface area contributed by atoms with Crippen LogP contribution < -0.4 is 11.1 Å². The summed E-state index contributed by atoms with van der Waals surface area (Å²) in [5.74, 6) is -0.335. The Morgan fingerprint density at radius 2 is 1.70 bits per heavy atom. The summed E-state index contributed by atoms with van der Waals surface area (Å²) in [6.07, 6.45) is 2.74. The van der Waals surface area contributed by atoms with Crippen molar-refractivity contribution in [1.29, 1.82) is 0 Å². The molecule has 0 atom stereocenters. The number of likely N-dealkylation sites (tertiary alicyclic amines) is 1. The first-order valence-corrected chi connectivity index (χ1v) is 7.46. The molecule has 0 bridgehead atoms. The number of halogens is 1. The minimum Gasteiger partial charge on any atom is -0.326 e. The van der Waals surface area contributed by atoms with Gasteiger partial charge in [0, 0.05) is 30.5 Å². The monoisotopic (exact) mass is 337 g/mol. The smallest absolute Gasteiger partial charge is 0.229 e. The number of rotatable bonds is 5. The third kappa shape index (κ3) is 4.30. The van der Waals surface area contributed by atoms with E-state index in [9.17, 15) is 14.4 Å². The van der Waals surface area contributed by atoms with Gasteiger partial charge >= 0.3 is 0 Å². The summed E-state index contributed by atoms with van der Waals surface area (Å²) in [5.41, 5.74) is 7.16. The van der Waals surface area contributed by atoms with Crippen molar-refractivity contribution in [3.05, 3.63) is 29.8 Å². The number of benzene rings is 1. The van der Waals surface area contributed by atoms with E-state index in [-0.39, 0.29) is 42.2 Å². The van der Waals surface area contributed by atoms with Crippen LogP contribution in [0.3, 0.4) is 0 Å². The number of carbonyl (C=O) groups excluding carboxylic acids is 3. The summed E-state index contributed by atoms with van der Waals surface area (Å²) in [6.45, 7) is 0.289. The average Bonchev–Trinajstić information content (AvgIpc) is 3.11. The van der Waals surface area contributed by atoms with Crippen LogP contribution in [-0.2, 0) is 20.9 Å². The standard InChI is InChI=1S/C16H19N3O3.ClH/c17-16(7-8-16)9-13(20)18-12-3-1-11(2-4-12)10-19-14(21)5-6-15(19)22;/h1-4H,5-10,17H2,(H,18,20);1H. The molecule has 3 amide bonds. The minimum absolute atomic E-state index is 0. The molecule has 2 fully saturated rings. The van der Waals surface area contributed by atoms with Crippen LogP contribution in [0, 0.1) is 0 Å². The fourth-order valence-corrected chi connectivity index (χ4v) is 2.54. The van der Waals surface area contributed by atoms with Crippen LogP contribution in [-0.4, -0.2) is 28.2 Å². The first-order chi connectivity index (χ1) is 10.5. The molecule has 1 heterocycles. The van der Waals surface area contributed by atoms with Crippen LogP contribution >= 0.6 is 12.4 Å². The molecule has 124 valence electrons. The molecule has 0 aromatic heterocycles. The number of nitrogens with zero attached hydrogens (tertiary/aromatic N) is 1. The highest BCUT2D eigenvalue weighted by molar-refractivity contribution is 6.01. The summed E-state index contributed by atoms with van der Waals surface area (Å²) in [6, 6.07) is 7.16. The summed E-state index contributed by atoms with van der Waals surface area (Å²) < 4.78 is 0. The molecule has 0 unspecified atom stereocenters. The molecular weight excluding hydrogens is 318 g/mol. The van der Waals surface area contributed by atoms with Gasteiger partial charge in [-0.2, -0.15) is 0 Å². The Kier molecular flexibility index (Phi) is 5.06. The van der Waals surface area contributed by atoms with E-state index in [1.807, 2.05) is 12.1 Å². The van der Waals surface area contributed by atoms with Crippen molar-refractivity contribution in [3.63, 3.8) is 0 Å². The van der Waals surface area contributed by atoms with E-state index in [1.54, 1.807) is 12.1 Å². The lowest BCUT2D eigenvalue weighted by molar-refractivity contribution is -0.139. The summed E-state index contributed by atoms with van der Waals surface area (Å²) in [4.78, 5) is 36.3. The Balaban J connectivity index is 0.00000192. The third-order valence-corrected chi connectivity index (χ3v) is 4.14. The van der Waals surface area contributed by atoms with Gasteiger partial charge in [-0.25, -0.2) is 0 Å². The van der Waals surface area contributed by atoms with Crippen LogP contribution in [0.2, 0.25) is 0 Å². The van der Waals surface area contributed by atoms with E-state index >= 15 is 0 Å². The molecule has 1 saturated heterocycles. The summed E-state index contributed by atoms with van der Waals surface area (Å²) in [5, 5.41) is 2.81. The first-order valence-electron chi connectivity index (χ1n) is 7.46. The van der Waals surface area contributed by atoms with E-state index in [4.69, 9.17) is 5.73 Å². The lowest BCUT2D eigenvalue weighted by Crippen LogP contribution is -2.29. The molecule has 1 aromatic rings. The minimum atomic E-state index is -0.305. The van der Waals surface area contributed by atoms with Crippen molar-refractivity contribution >= 4 is 35.8 Å². The average molecular weight is 338 g/mol. The number of anilines is 1. The molecule has 23 heavy (non-hydrogen) atoms. The number of hydrogen-bond acceptors (Lipinski definition) is 4. The molecule has 0 spiro atoms. The second-order valence-electron chi connectivity index (χ2n) is 6.16. The van der Waals surface area contributed by atoms with Crippen molar-refractivity contribution in [2.75, 3.05) is 5.32 Å². The molecule has 1 aliphatic carbocycles. The summed E-state index contributed by atoms with van der Waals surface area (Å²) in [7, 11) is 0. The van der Waals surface area contributed by atoms with Gasteiger partial charge in [0.2, 0.25) is 17.7 Å². The van der Waals surface area contributed by atoms with Crippen LogP contribution in [0.4, 0.5) is 5.69 Å². The van der Waals surface area contributed by atoms with Gasteiger partial charge in [0.05, 0.1) is 6.54 Å². The van der Waals surface area contributed by atoms with Crippen LogP contribution in [0.1, 0.15) is 37.7 Å². The van der Waals surface area contributed by atoms with Gasteiger partial charge < -0.3 is 11.1 Å². The number of imide groups is 1. The van der Waals surface area contributed by atoms with Crippen molar-refractivity contribution in [2.45, 2.75) is 44.2 Å². The second-order valence-corrected chi connectivity index (χ2v) is 6.16. The molecule has 1 aromatic carbocycles. The van der Waals surface area contributed by atoms with Crippen molar-refractivity contribution in [3.8, 4) is 0 Å². The zero-order chi connectivity index (χ0) is 15.7. The SMILES string of the molecule is Cl.NC1(CC(=O)Nc2ccc(CN3C(=O)CCC3=O)cc2)CC1. The van der Waals surface area contributed by atoms with Gasteiger partial charge in [-0.3, -0.25) is 19.3 Å². The Bertz CT molecular complexity index is 610. The molecular formula is C16H20ClN3O3. The fraction of sp³-hybridized carbons (Fsp3) is 0.438. The highest BCUT2D eigenvalue weighted by Crippen LogP contribution is 2.35. The van der Waals surface area contributed by atoms with Gasteiger partial charge in [0.1, 0.15) is 0 Å². The number of nitrogens with one attached hydrogen (secondary N) is 1. The number of amides is 3. The van der Waals surface area contributed by atoms with Crippen molar-refractivity contribution in [2.24, 2.45) is 5.73 Å². The quantitative estimate of drug-likeness (QED) is 0.798. The van der Waals surface area contributed by atoms with E-state index in [2.05, 4.69) is 5.32 Å². The normalized spacial score (nSPS) is 18.6. The molecule has 7 heteroatoms. The molecule has 0 radical (unpaired) electrons. The Morgan fingerprint density at radius 3 is 2.22 bits per heavy atom. The zero-order valence-electron chi connectivity index (χ0n) is 12.7. The molecule has 3 N–H and O–H groups in total. The number of hydrogen-bond donors (Lipinski definition) is 2. The number of nitrogens with two attached hydrogens (primary N) is 1. The van der Waals surface area contributed by atoms with Crippen LogP contribution in [0.5, 0.6) is 0 Å². The van der Waals surface area contributed by atoms with Gasteiger partial charge in [0.25, 0.3) is 0 Å². The zero-order valence-corrected chi connectivity index (χ0v) is 13.5. The lowest BCUT2D eigenvalue weighted by atomic mass is 10.1. The van der Waals surface area contributed by atoms with Gasteiger partial charge in [-0.15, -0.1) is 12.4 Å². The van der Waals surface area contributed by atoms with E-state index in [0.29, 0.717) is 24.9 Å². The molecule has 1 saturated carbocycles. The Morgan fingerprint density at radius 1 is 1.13 bits per heavy atom. The second kappa shape index (κ2) is 6.68. The van der Waals surface area contributed by atoms with E-state index in [0.717, 1.165) is 18.4 Å². The van der Waals surface area contributed by atoms with E-state index < -0.39 is 0 Å². The Labute approximate surface area is 140 Å². The maximum Gasteiger partial charge on any atom is 0.229 e. The first kappa shape index (κ1) is 17.4. The van der Waals surface area contributed by atoms with Gasteiger partial charge in [-0.1, -0.05) is 12.1 Å². The fourth-order valence-electron chi connectivity index (χ4n) is 2.54. The lowest BCUT2D eigenvalue weighted by Gasteiger charge is -2.14. The predicted molar refractivity (Wildman–Crippen MR) is 87.9 cm³/mol. The largest absolute Gasteiger partial charge is 0.326 e. The molecule has 2 aliphatic rings. The highest BCUT2D eigenvalue weighted by atomic mass is 35.5. The van der Waals surface area contributed by atoms with Crippen LogP contribution in [0.25, 0.3) is 0 Å². The molecule has 3 rings (SSSR count). The van der Waals surface area contributed by atoms with Crippen molar-refractivity contribution < 1.29 is 14.4 Å². The topological polar surface area (TPSA) is 92.5 Å². The summed E-state index contributed by atoms with van der Waals surface area (Å²) >= 11 is 0. The number of carbonyl (C=O) groups is 3. The highest BCUT2D eigenvalue weighted by Gasteiger charge is 2.40. The molecule has 6 nitrogen and oxygen atoms in total. The van der Waals surface area contributed by atoms with Crippen molar-refractivity contribution in [1.82, 2.24) is 4.90 Å². The molecule has 1 aliphatic heterocycles. The predicted octanol–water partition coefficient (Wildman–Crippen LogP) is 1.58. The maximum atomic E-state index is 11.8. The van der Waals surface area contributed by atoms with Crippen LogP contribution in [0.15, 0.2) is 24.3 Å². The van der Waals surface area contributed by atoms with Gasteiger partial charge in [0.15, 0.2) is 0 Å².